The van der Waals surface area contributed by atoms with Crippen molar-refractivity contribution in [1.29, 1.82) is 0 Å². The summed E-state index contributed by atoms with van der Waals surface area (Å²) in [4.78, 5) is 0. The molecule has 0 saturated carbocycles. The van der Waals surface area contributed by atoms with Crippen molar-refractivity contribution >= 4 is 47.8 Å². The number of hydrogen-bond donors (Lipinski definition) is 0. The fourth-order valence-electron chi connectivity index (χ4n) is 0. The molecule has 0 aromatic heterocycles. The molecule has 0 aliphatic carbocycles. The maximum Gasteiger partial charge on any atom is 4.00 e. The molecule has 0 aromatic carbocycles. The van der Waals surface area contributed by atoms with Crippen molar-refractivity contribution in [2.45, 2.75) is 55.4 Å². The van der Waals surface area contributed by atoms with E-state index in [0.717, 1.165) is 0 Å². The van der Waals surface area contributed by atoms with Gasteiger partial charge in [0.1, 0.15) is 0 Å². The Kier molecular flexibility index (Phi) is 473. The molecule has 0 rings (SSSR count). The molecular weight excluding hydrogens is 558 g/mol. The zero-order valence-corrected chi connectivity index (χ0v) is 23.6. The zero-order valence-electron chi connectivity index (χ0n) is 17.9. The molecule has 8 nitrogen and oxygen atoms in total. The van der Waals surface area contributed by atoms with Gasteiger partial charge in [-0.05, 0) is 0 Å². The summed E-state index contributed by atoms with van der Waals surface area (Å²) in [5.41, 5.74) is 0. The van der Waals surface area contributed by atoms with Crippen LogP contribution in [0.3, 0.4) is 0 Å². The van der Waals surface area contributed by atoms with Gasteiger partial charge >= 0.3 is 47.8 Å². The molecule has 0 radical (unpaired) electrons. The predicted molar refractivity (Wildman–Crippen MR) is 95.8 cm³/mol. The summed E-state index contributed by atoms with van der Waals surface area (Å²) in [6, 6.07) is 0. The normalized spacial score (nSPS) is 5.54. The van der Waals surface area contributed by atoms with E-state index < -0.39 is 0 Å². The van der Waals surface area contributed by atoms with Gasteiger partial charge in [-0.1, -0.05) is 55.4 Å². The molecule has 0 aliphatic heterocycles. The van der Waals surface area contributed by atoms with Crippen LogP contribution in [0.2, 0.25) is 0 Å². The molecular formula is C16H40O8Sn2. The van der Waals surface area contributed by atoms with E-state index in [2.05, 4.69) is 0 Å². The van der Waals surface area contributed by atoms with Gasteiger partial charge in [0.05, 0.1) is 0 Å². The molecule has 0 atom stereocenters. The van der Waals surface area contributed by atoms with Gasteiger partial charge in [-0.2, -0.15) is 0 Å². The monoisotopic (exact) mass is 600 g/mol. The molecule has 0 amide bonds. The van der Waals surface area contributed by atoms with Crippen LogP contribution in [0.4, 0.5) is 0 Å². The van der Waals surface area contributed by atoms with E-state index in [1.807, 2.05) is 0 Å². The van der Waals surface area contributed by atoms with Crippen LogP contribution >= 0.6 is 0 Å². The molecule has 0 aromatic rings. The fraction of sp³-hybridized carbons (Fsp3) is 1.00. The van der Waals surface area contributed by atoms with Crippen molar-refractivity contribution in [3.8, 4) is 0 Å². The van der Waals surface area contributed by atoms with Gasteiger partial charge in [0.2, 0.25) is 0 Å². The summed E-state index contributed by atoms with van der Waals surface area (Å²) in [5, 5.41) is 71.4. The maximum absolute atomic E-state index is 8.93. The van der Waals surface area contributed by atoms with Crippen LogP contribution in [0.25, 0.3) is 0 Å². The Hall–Kier alpha value is 1.28. The average Bonchev–Trinajstić information content (AvgIpc) is 2.45. The summed E-state index contributed by atoms with van der Waals surface area (Å²) in [7, 11) is 0. The first-order valence-electron chi connectivity index (χ1n) is 7.97. The first kappa shape index (κ1) is 63.1. The van der Waals surface area contributed by atoms with Crippen LogP contribution in [0, 0.1) is 0 Å². The SMILES string of the molecule is CC[O-].CC[O-].CC[O-].CC[O-].CC[O-].CC[O-].CC[O-].CC[O-].[Sn+4].[Sn+4]. The average molecular weight is 598 g/mol. The van der Waals surface area contributed by atoms with Crippen molar-refractivity contribution in [2.24, 2.45) is 0 Å². The van der Waals surface area contributed by atoms with E-state index in [9.17, 15) is 0 Å². The summed E-state index contributed by atoms with van der Waals surface area (Å²) >= 11 is 0. The predicted octanol–water partition coefficient (Wildman–Crippen LogP) is -5.83. The molecule has 0 aliphatic rings. The summed E-state index contributed by atoms with van der Waals surface area (Å²) in [6.07, 6.45) is 0. The summed E-state index contributed by atoms with van der Waals surface area (Å²) in [6.45, 7) is 12.6. The molecule has 0 saturated heterocycles. The summed E-state index contributed by atoms with van der Waals surface area (Å²) in [5.74, 6) is 0. The Balaban J connectivity index is -0.0000000139. The molecule has 26 heavy (non-hydrogen) atoms. The second kappa shape index (κ2) is 195. The van der Waals surface area contributed by atoms with Gasteiger partial charge in [0.25, 0.3) is 0 Å². The van der Waals surface area contributed by atoms with Gasteiger partial charge in [-0.15, -0.1) is 52.9 Å². The second-order valence-electron chi connectivity index (χ2n) is 2.31. The Labute approximate surface area is 196 Å². The third-order valence-corrected chi connectivity index (χ3v) is 0. The van der Waals surface area contributed by atoms with Gasteiger partial charge in [-0.3, -0.25) is 0 Å². The van der Waals surface area contributed by atoms with Crippen LogP contribution in [-0.4, -0.2) is 101 Å². The molecule has 160 valence electrons. The number of rotatable bonds is 0. The quantitative estimate of drug-likeness (QED) is 0.247. The molecule has 0 heterocycles. The van der Waals surface area contributed by atoms with Crippen LogP contribution in [-0.2, 0) is 0 Å². The largest absolute Gasteiger partial charge is 4.00 e. The Morgan fingerprint density at radius 3 is 0.269 bits per heavy atom. The van der Waals surface area contributed by atoms with E-state index >= 15 is 0 Å². The van der Waals surface area contributed by atoms with Gasteiger partial charge in [0, 0.05) is 0 Å². The second-order valence-corrected chi connectivity index (χ2v) is 2.31. The van der Waals surface area contributed by atoms with Crippen molar-refractivity contribution in [1.82, 2.24) is 0 Å². The van der Waals surface area contributed by atoms with Crippen molar-refractivity contribution in [2.75, 3.05) is 52.9 Å². The van der Waals surface area contributed by atoms with E-state index in [4.69, 9.17) is 40.9 Å². The van der Waals surface area contributed by atoms with E-state index in [1.54, 1.807) is 55.4 Å². The van der Waals surface area contributed by atoms with E-state index in [0.29, 0.717) is 0 Å². The molecule has 0 unspecified atom stereocenters. The molecule has 0 fully saturated rings. The fourth-order valence-corrected chi connectivity index (χ4v) is 0. The van der Waals surface area contributed by atoms with Crippen LogP contribution in [0.1, 0.15) is 55.4 Å². The Morgan fingerprint density at radius 1 is 0.269 bits per heavy atom. The Bertz CT molecular complexity index is 56.2. The smallest absolute Gasteiger partial charge is 0.855 e. The van der Waals surface area contributed by atoms with Crippen molar-refractivity contribution in [3.05, 3.63) is 0 Å². The number of hydrogen-bond acceptors (Lipinski definition) is 8. The maximum atomic E-state index is 8.93. The minimum atomic E-state index is 0. The van der Waals surface area contributed by atoms with Gasteiger partial charge in [-0.25, -0.2) is 0 Å². The zero-order chi connectivity index (χ0) is 21.7. The first-order valence-corrected chi connectivity index (χ1v) is 7.97. The first-order chi connectivity index (χ1) is 11.3. The summed E-state index contributed by atoms with van der Waals surface area (Å²) < 4.78 is 0. The van der Waals surface area contributed by atoms with Crippen LogP contribution < -0.4 is 40.9 Å². The topological polar surface area (TPSA) is 184 Å². The Morgan fingerprint density at radius 2 is 0.269 bits per heavy atom. The van der Waals surface area contributed by atoms with Crippen LogP contribution in [0.5, 0.6) is 0 Å². The van der Waals surface area contributed by atoms with Crippen molar-refractivity contribution < 1.29 is 40.9 Å². The molecule has 0 spiro atoms. The minimum Gasteiger partial charge on any atom is -0.855 e. The molecule has 10 heteroatoms. The third kappa shape index (κ3) is 9130. The van der Waals surface area contributed by atoms with E-state index in [1.165, 1.54) is 0 Å². The minimum absolute atomic E-state index is 0. The van der Waals surface area contributed by atoms with E-state index in [-0.39, 0.29) is 101 Å². The standard InChI is InChI=1S/8C2H5O.2Sn/c8*1-2-3;;/h8*2H2,1H3;;/q8*-1;2*+4. The molecule has 0 N–H and O–H groups in total. The van der Waals surface area contributed by atoms with Crippen LogP contribution in [0.15, 0.2) is 0 Å². The van der Waals surface area contributed by atoms with Gasteiger partial charge in [0.15, 0.2) is 0 Å². The van der Waals surface area contributed by atoms with Crippen molar-refractivity contribution in [3.63, 3.8) is 0 Å². The third-order valence-electron chi connectivity index (χ3n) is 0. The molecule has 0 bridgehead atoms. The van der Waals surface area contributed by atoms with Gasteiger partial charge < -0.3 is 40.9 Å².